The molecule has 3 aromatic heterocycles. The van der Waals surface area contributed by atoms with E-state index in [1.807, 2.05) is 36.4 Å². The van der Waals surface area contributed by atoms with Crippen LogP contribution in [0, 0.1) is 0 Å². The molecule has 28 heavy (non-hydrogen) atoms. The van der Waals surface area contributed by atoms with Gasteiger partial charge in [-0.2, -0.15) is 9.50 Å². The smallest absolute Gasteiger partial charge is 0.291 e. The molecular weight excluding hydrogens is 376 g/mol. The van der Waals surface area contributed by atoms with E-state index in [2.05, 4.69) is 15.1 Å². The molecule has 0 spiro atoms. The molecule has 0 atom stereocenters. The molecule has 1 aromatic carbocycles. The number of aromatic nitrogens is 4. The SMILES string of the molecule is COc1ccc(/C=C/c2nc3s/c(=C\c4cccnc4)c(=O)n3n2)cc1OC. The van der Waals surface area contributed by atoms with Crippen molar-refractivity contribution in [1.82, 2.24) is 19.6 Å². The summed E-state index contributed by atoms with van der Waals surface area (Å²) in [6, 6.07) is 9.29. The van der Waals surface area contributed by atoms with Crippen molar-refractivity contribution in [2.24, 2.45) is 0 Å². The van der Waals surface area contributed by atoms with Gasteiger partial charge in [0.25, 0.3) is 5.56 Å². The highest BCUT2D eigenvalue weighted by atomic mass is 32.1. The summed E-state index contributed by atoms with van der Waals surface area (Å²) in [7, 11) is 3.18. The van der Waals surface area contributed by atoms with Gasteiger partial charge in [0.15, 0.2) is 17.3 Å². The van der Waals surface area contributed by atoms with E-state index in [0.29, 0.717) is 26.8 Å². The molecule has 0 bridgehead atoms. The predicted octanol–water partition coefficient (Wildman–Crippen LogP) is 2.28. The maximum Gasteiger partial charge on any atom is 0.291 e. The number of pyridine rings is 1. The maximum atomic E-state index is 12.5. The van der Waals surface area contributed by atoms with E-state index in [4.69, 9.17) is 9.47 Å². The summed E-state index contributed by atoms with van der Waals surface area (Å²) in [4.78, 5) is 21.6. The van der Waals surface area contributed by atoms with Gasteiger partial charge in [-0.15, -0.1) is 5.10 Å². The zero-order valence-electron chi connectivity index (χ0n) is 15.2. The third-order valence-electron chi connectivity index (χ3n) is 4.01. The van der Waals surface area contributed by atoms with Crippen LogP contribution in [0.4, 0.5) is 0 Å². The molecule has 0 aliphatic carbocycles. The number of rotatable bonds is 5. The van der Waals surface area contributed by atoms with Gasteiger partial charge in [-0.05, 0) is 41.5 Å². The van der Waals surface area contributed by atoms with Crippen LogP contribution in [0.25, 0.3) is 23.2 Å². The van der Waals surface area contributed by atoms with Crippen LogP contribution in [0.2, 0.25) is 0 Å². The number of thiazole rings is 1. The second-order valence-electron chi connectivity index (χ2n) is 5.81. The monoisotopic (exact) mass is 392 g/mol. The molecule has 0 radical (unpaired) electrons. The van der Waals surface area contributed by atoms with Gasteiger partial charge in [-0.3, -0.25) is 9.78 Å². The second-order valence-corrected chi connectivity index (χ2v) is 6.82. The largest absolute Gasteiger partial charge is 0.493 e. The fourth-order valence-corrected chi connectivity index (χ4v) is 3.57. The Balaban J connectivity index is 1.64. The van der Waals surface area contributed by atoms with Gasteiger partial charge in [-0.1, -0.05) is 29.5 Å². The number of methoxy groups -OCH3 is 2. The van der Waals surface area contributed by atoms with Gasteiger partial charge in [0.2, 0.25) is 4.96 Å². The molecule has 0 saturated carbocycles. The topological polar surface area (TPSA) is 78.6 Å². The van der Waals surface area contributed by atoms with E-state index in [1.54, 1.807) is 38.8 Å². The van der Waals surface area contributed by atoms with E-state index in [0.717, 1.165) is 11.1 Å². The Morgan fingerprint density at radius 2 is 1.93 bits per heavy atom. The lowest BCUT2D eigenvalue weighted by molar-refractivity contribution is 0.355. The van der Waals surface area contributed by atoms with Crippen molar-refractivity contribution in [3.05, 3.63) is 74.6 Å². The first-order chi connectivity index (χ1) is 13.7. The first kappa shape index (κ1) is 17.9. The van der Waals surface area contributed by atoms with Gasteiger partial charge < -0.3 is 9.47 Å². The number of nitrogens with zero attached hydrogens (tertiary/aromatic N) is 4. The first-order valence-electron chi connectivity index (χ1n) is 8.39. The maximum absolute atomic E-state index is 12.5. The van der Waals surface area contributed by atoms with Crippen LogP contribution in [0.15, 0.2) is 47.5 Å². The predicted molar refractivity (Wildman–Crippen MR) is 109 cm³/mol. The Morgan fingerprint density at radius 1 is 1.07 bits per heavy atom. The van der Waals surface area contributed by atoms with Crippen molar-refractivity contribution < 1.29 is 9.47 Å². The van der Waals surface area contributed by atoms with E-state index in [9.17, 15) is 4.79 Å². The lowest BCUT2D eigenvalue weighted by atomic mass is 10.2. The highest BCUT2D eigenvalue weighted by Crippen LogP contribution is 2.28. The van der Waals surface area contributed by atoms with E-state index >= 15 is 0 Å². The third-order valence-corrected chi connectivity index (χ3v) is 4.97. The summed E-state index contributed by atoms with van der Waals surface area (Å²) in [6.07, 6.45) is 8.79. The molecular formula is C20H16N4O3S. The molecule has 0 aliphatic heterocycles. The van der Waals surface area contributed by atoms with Crippen LogP contribution in [0.1, 0.15) is 17.0 Å². The zero-order valence-corrected chi connectivity index (χ0v) is 16.0. The number of hydrogen-bond acceptors (Lipinski definition) is 7. The summed E-state index contributed by atoms with van der Waals surface area (Å²) in [6.45, 7) is 0. The van der Waals surface area contributed by atoms with E-state index < -0.39 is 0 Å². The molecule has 0 fully saturated rings. The Labute approximate surface area is 164 Å². The Kier molecular flexibility index (Phi) is 4.86. The fraction of sp³-hybridized carbons (Fsp3) is 0.100. The average molecular weight is 392 g/mol. The molecule has 7 nitrogen and oxygen atoms in total. The van der Waals surface area contributed by atoms with E-state index in [1.165, 1.54) is 15.9 Å². The molecule has 0 amide bonds. The third kappa shape index (κ3) is 3.49. The number of benzene rings is 1. The van der Waals surface area contributed by atoms with Crippen LogP contribution >= 0.6 is 11.3 Å². The average Bonchev–Trinajstić information content (AvgIpc) is 3.26. The molecule has 0 N–H and O–H groups in total. The van der Waals surface area contributed by atoms with Crippen LogP contribution in [-0.4, -0.2) is 33.8 Å². The van der Waals surface area contributed by atoms with Crippen LogP contribution in [0.5, 0.6) is 11.5 Å². The fourth-order valence-electron chi connectivity index (χ4n) is 2.66. The van der Waals surface area contributed by atoms with Crippen molar-refractivity contribution in [3.63, 3.8) is 0 Å². The van der Waals surface area contributed by atoms with Crippen LogP contribution in [0.3, 0.4) is 0 Å². The normalized spacial score (nSPS) is 12.1. The van der Waals surface area contributed by atoms with Crippen molar-refractivity contribution >= 4 is 34.5 Å². The highest BCUT2D eigenvalue weighted by Gasteiger charge is 2.09. The standard InChI is InChI=1S/C20H16N4O3S/c1-26-15-7-5-13(10-16(15)27-2)6-8-18-22-20-24(23-18)19(25)17(28-20)11-14-4-3-9-21-12-14/h3-12H,1-2H3/b8-6+,17-11-. The lowest BCUT2D eigenvalue weighted by Crippen LogP contribution is -2.23. The number of fused-ring (bicyclic) bond motifs is 1. The highest BCUT2D eigenvalue weighted by molar-refractivity contribution is 7.15. The summed E-state index contributed by atoms with van der Waals surface area (Å²) in [5, 5.41) is 4.29. The molecule has 0 saturated heterocycles. The van der Waals surface area contributed by atoms with Gasteiger partial charge in [-0.25, -0.2) is 0 Å². The minimum atomic E-state index is -0.192. The Morgan fingerprint density at radius 3 is 2.64 bits per heavy atom. The quantitative estimate of drug-likeness (QED) is 0.519. The van der Waals surface area contributed by atoms with Crippen molar-refractivity contribution in [2.45, 2.75) is 0 Å². The summed E-state index contributed by atoms with van der Waals surface area (Å²) in [5.41, 5.74) is 1.57. The summed E-state index contributed by atoms with van der Waals surface area (Å²) < 4.78 is 12.4. The minimum Gasteiger partial charge on any atom is -0.493 e. The van der Waals surface area contributed by atoms with E-state index in [-0.39, 0.29) is 5.56 Å². The van der Waals surface area contributed by atoms with Crippen molar-refractivity contribution in [3.8, 4) is 11.5 Å². The number of ether oxygens (including phenoxy) is 2. The van der Waals surface area contributed by atoms with Gasteiger partial charge in [0, 0.05) is 12.4 Å². The van der Waals surface area contributed by atoms with Crippen LogP contribution < -0.4 is 19.6 Å². The molecule has 4 aromatic rings. The zero-order chi connectivity index (χ0) is 19.5. The molecule has 0 unspecified atom stereocenters. The Hall–Kier alpha value is -3.52. The summed E-state index contributed by atoms with van der Waals surface area (Å²) >= 11 is 1.30. The molecule has 140 valence electrons. The van der Waals surface area contributed by atoms with Crippen LogP contribution in [-0.2, 0) is 0 Å². The Bertz CT molecular complexity index is 1260. The van der Waals surface area contributed by atoms with Gasteiger partial charge in [0.1, 0.15) is 0 Å². The first-order valence-corrected chi connectivity index (χ1v) is 9.21. The minimum absolute atomic E-state index is 0.192. The molecule has 0 aliphatic rings. The van der Waals surface area contributed by atoms with Gasteiger partial charge >= 0.3 is 0 Å². The summed E-state index contributed by atoms with van der Waals surface area (Å²) in [5.74, 6) is 1.76. The number of hydrogen-bond donors (Lipinski definition) is 0. The molecule has 8 heteroatoms. The van der Waals surface area contributed by atoms with Gasteiger partial charge in [0.05, 0.1) is 18.8 Å². The molecule has 3 heterocycles. The lowest BCUT2D eigenvalue weighted by Gasteiger charge is -2.07. The molecule has 4 rings (SSSR count). The van der Waals surface area contributed by atoms with Crippen molar-refractivity contribution in [1.29, 1.82) is 0 Å². The second kappa shape index (κ2) is 7.61. The van der Waals surface area contributed by atoms with Crippen molar-refractivity contribution in [2.75, 3.05) is 14.2 Å².